The van der Waals surface area contributed by atoms with E-state index in [4.69, 9.17) is 9.47 Å². The first-order valence-corrected chi connectivity index (χ1v) is 12.5. The number of hydrogen-bond acceptors (Lipinski definition) is 4. The maximum Gasteiger partial charge on any atom is 0.261 e. The summed E-state index contributed by atoms with van der Waals surface area (Å²) in [6, 6.07) is 23.3. The molecule has 0 fully saturated rings. The SMILES string of the molecule is CCOc1cc(/C=C(/C#N)C(=O)NCCc2c[nH]c3ccccc23)ccc1OCc1ccc(Br)cc1. The lowest BCUT2D eigenvalue weighted by Gasteiger charge is -2.13. The van der Waals surface area contributed by atoms with E-state index >= 15 is 0 Å². The van der Waals surface area contributed by atoms with Crippen LogP contribution in [0.3, 0.4) is 0 Å². The molecule has 0 atom stereocenters. The van der Waals surface area contributed by atoms with E-state index in [-0.39, 0.29) is 5.57 Å². The molecule has 0 radical (unpaired) electrons. The van der Waals surface area contributed by atoms with Crippen LogP contribution < -0.4 is 14.8 Å². The number of aromatic amines is 1. The maximum atomic E-state index is 12.7. The van der Waals surface area contributed by atoms with Crippen LogP contribution >= 0.6 is 15.9 Å². The standard InChI is InChI=1S/C29H26BrN3O3/c1-2-35-28-16-21(9-12-27(28)36-19-20-7-10-24(30)11-8-20)15-23(17-31)29(34)32-14-13-22-18-33-26-6-4-3-5-25(22)26/h3-12,15-16,18,33H,2,13-14,19H2,1H3,(H,32,34)/b23-15-. The van der Waals surface area contributed by atoms with Crippen LogP contribution in [0.4, 0.5) is 0 Å². The van der Waals surface area contributed by atoms with Crippen molar-refractivity contribution in [1.29, 1.82) is 5.26 Å². The summed E-state index contributed by atoms with van der Waals surface area (Å²) in [6.45, 7) is 3.17. The number of nitrogens with one attached hydrogen (secondary N) is 2. The lowest BCUT2D eigenvalue weighted by Crippen LogP contribution is -2.26. The molecular weight excluding hydrogens is 518 g/mol. The monoisotopic (exact) mass is 543 g/mol. The van der Waals surface area contributed by atoms with Gasteiger partial charge in [-0.15, -0.1) is 0 Å². The van der Waals surface area contributed by atoms with Gasteiger partial charge < -0.3 is 19.8 Å². The Hall–Kier alpha value is -4.02. The molecule has 4 aromatic rings. The van der Waals surface area contributed by atoms with E-state index in [1.807, 2.05) is 67.7 Å². The van der Waals surface area contributed by atoms with Crippen molar-refractivity contribution in [1.82, 2.24) is 10.3 Å². The van der Waals surface area contributed by atoms with Crippen molar-refractivity contribution in [2.45, 2.75) is 20.0 Å². The highest BCUT2D eigenvalue weighted by molar-refractivity contribution is 9.10. The fraction of sp³-hybridized carbons (Fsp3) is 0.172. The summed E-state index contributed by atoms with van der Waals surface area (Å²) in [5.41, 5.74) is 3.91. The predicted molar refractivity (Wildman–Crippen MR) is 145 cm³/mol. The van der Waals surface area contributed by atoms with Crippen molar-refractivity contribution in [3.05, 3.63) is 99.7 Å². The first-order valence-electron chi connectivity index (χ1n) is 11.7. The molecule has 7 heteroatoms. The van der Waals surface area contributed by atoms with Crippen molar-refractivity contribution < 1.29 is 14.3 Å². The molecule has 0 unspecified atom stereocenters. The van der Waals surface area contributed by atoms with E-state index in [0.717, 1.165) is 26.5 Å². The van der Waals surface area contributed by atoms with Crippen molar-refractivity contribution in [3.8, 4) is 17.6 Å². The van der Waals surface area contributed by atoms with Gasteiger partial charge in [0.05, 0.1) is 6.61 Å². The zero-order chi connectivity index (χ0) is 25.3. The number of rotatable bonds is 10. The number of carbonyl (C=O) groups excluding carboxylic acids is 1. The maximum absolute atomic E-state index is 12.7. The van der Waals surface area contributed by atoms with Gasteiger partial charge in [0.1, 0.15) is 18.2 Å². The molecule has 182 valence electrons. The number of aromatic nitrogens is 1. The molecule has 0 aliphatic rings. The summed E-state index contributed by atoms with van der Waals surface area (Å²) in [5.74, 6) is 0.741. The van der Waals surface area contributed by atoms with Crippen molar-refractivity contribution in [2.75, 3.05) is 13.2 Å². The predicted octanol–water partition coefficient (Wildman–Crippen LogP) is 6.17. The Labute approximate surface area is 218 Å². The molecule has 6 nitrogen and oxygen atoms in total. The molecule has 4 rings (SSSR count). The van der Waals surface area contributed by atoms with Gasteiger partial charge in [-0.05, 0) is 66.4 Å². The zero-order valence-corrected chi connectivity index (χ0v) is 21.5. The van der Waals surface area contributed by atoms with Crippen LogP contribution in [0.15, 0.2) is 83.0 Å². The van der Waals surface area contributed by atoms with E-state index in [0.29, 0.717) is 43.2 Å². The van der Waals surface area contributed by atoms with Crippen molar-refractivity contribution in [2.24, 2.45) is 0 Å². The number of benzene rings is 3. The van der Waals surface area contributed by atoms with E-state index in [9.17, 15) is 10.1 Å². The number of carbonyl (C=O) groups is 1. The van der Waals surface area contributed by atoms with Crippen LogP contribution in [-0.2, 0) is 17.8 Å². The molecule has 1 heterocycles. The number of nitriles is 1. The molecule has 0 aliphatic heterocycles. The first-order chi connectivity index (χ1) is 17.6. The third-order valence-electron chi connectivity index (χ3n) is 5.61. The van der Waals surface area contributed by atoms with E-state index in [2.05, 4.69) is 26.2 Å². The molecule has 0 bridgehead atoms. The summed E-state index contributed by atoms with van der Waals surface area (Å²) in [6.07, 6.45) is 4.17. The highest BCUT2D eigenvalue weighted by Gasteiger charge is 2.12. The molecule has 0 saturated heterocycles. The Morgan fingerprint density at radius 2 is 1.89 bits per heavy atom. The van der Waals surface area contributed by atoms with Crippen molar-refractivity contribution >= 4 is 38.8 Å². The quantitative estimate of drug-likeness (QED) is 0.185. The third-order valence-corrected chi connectivity index (χ3v) is 6.13. The number of ether oxygens (including phenoxy) is 2. The van der Waals surface area contributed by atoms with Crippen LogP contribution in [0.1, 0.15) is 23.6 Å². The number of nitrogens with zero attached hydrogens (tertiary/aromatic N) is 1. The number of halogens is 1. The average molecular weight is 544 g/mol. The largest absolute Gasteiger partial charge is 0.490 e. The zero-order valence-electron chi connectivity index (χ0n) is 19.9. The molecule has 0 aliphatic carbocycles. The average Bonchev–Trinajstić information content (AvgIpc) is 3.31. The Morgan fingerprint density at radius 3 is 2.67 bits per heavy atom. The summed E-state index contributed by atoms with van der Waals surface area (Å²) in [4.78, 5) is 15.9. The minimum atomic E-state index is -0.411. The molecule has 0 saturated carbocycles. The Balaban J connectivity index is 1.41. The van der Waals surface area contributed by atoms with Crippen LogP contribution in [-0.4, -0.2) is 24.0 Å². The van der Waals surface area contributed by atoms with Gasteiger partial charge in [-0.3, -0.25) is 4.79 Å². The second-order valence-corrected chi connectivity index (χ2v) is 9.01. The summed E-state index contributed by atoms with van der Waals surface area (Å²) >= 11 is 3.43. The first kappa shape index (κ1) is 25.1. The fourth-order valence-corrected chi connectivity index (χ4v) is 4.07. The Bertz CT molecular complexity index is 1420. The van der Waals surface area contributed by atoms with E-state index < -0.39 is 5.91 Å². The minimum Gasteiger partial charge on any atom is -0.490 e. The molecule has 36 heavy (non-hydrogen) atoms. The highest BCUT2D eigenvalue weighted by Crippen LogP contribution is 2.30. The van der Waals surface area contributed by atoms with Crippen molar-refractivity contribution in [3.63, 3.8) is 0 Å². The summed E-state index contributed by atoms with van der Waals surface area (Å²) in [5, 5.41) is 13.6. The molecule has 1 aromatic heterocycles. The van der Waals surface area contributed by atoms with Gasteiger partial charge in [0.15, 0.2) is 11.5 Å². The van der Waals surface area contributed by atoms with Gasteiger partial charge in [-0.2, -0.15) is 5.26 Å². The molecule has 2 N–H and O–H groups in total. The van der Waals surface area contributed by atoms with Gasteiger partial charge in [0.25, 0.3) is 5.91 Å². The number of H-pyrrole nitrogens is 1. The second-order valence-electron chi connectivity index (χ2n) is 8.09. The smallest absolute Gasteiger partial charge is 0.261 e. The minimum absolute atomic E-state index is 0.0277. The third kappa shape index (κ3) is 6.35. The summed E-state index contributed by atoms with van der Waals surface area (Å²) in [7, 11) is 0. The number of amides is 1. The number of para-hydroxylation sites is 1. The number of fused-ring (bicyclic) bond motifs is 1. The van der Waals surface area contributed by atoms with Gasteiger partial charge >= 0.3 is 0 Å². The number of hydrogen-bond donors (Lipinski definition) is 2. The van der Waals surface area contributed by atoms with Gasteiger partial charge in [0, 0.05) is 28.1 Å². The van der Waals surface area contributed by atoms with Crippen LogP contribution in [0, 0.1) is 11.3 Å². The van der Waals surface area contributed by atoms with Gasteiger partial charge in [-0.1, -0.05) is 52.3 Å². The van der Waals surface area contributed by atoms with Crippen LogP contribution in [0.25, 0.3) is 17.0 Å². The Morgan fingerprint density at radius 1 is 1.08 bits per heavy atom. The van der Waals surface area contributed by atoms with Crippen LogP contribution in [0.5, 0.6) is 11.5 Å². The van der Waals surface area contributed by atoms with Gasteiger partial charge in [0.2, 0.25) is 0 Å². The van der Waals surface area contributed by atoms with E-state index in [1.165, 1.54) is 0 Å². The molecule has 1 amide bonds. The Kier molecular flexibility index (Phi) is 8.43. The van der Waals surface area contributed by atoms with Crippen LogP contribution in [0.2, 0.25) is 0 Å². The van der Waals surface area contributed by atoms with E-state index in [1.54, 1.807) is 24.3 Å². The topological polar surface area (TPSA) is 87.1 Å². The lowest BCUT2D eigenvalue weighted by atomic mass is 10.1. The molecule has 0 spiro atoms. The fourth-order valence-electron chi connectivity index (χ4n) is 3.80. The summed E-state index contributed by atoms with van der Waals surface area (Å²) < 4.78 is 12.7. The lowest BCUT2D eigenvalue weighted by molar-refractivity contribution is -0.117. The molecule has 3 aromatic carbocycles. The molecular formula is C29H26BrN3O3. The highest BCUT2D eigenvalue weighted by atomic mass is 79.9. The second kappa shape index (κ2) is 12.1. The van der Waals surface area contributed by atoms with Gasteiger partial charge in [-0.25, -0.2) is 0 Å². The normalized spacial score (nSPS) is 11.2.